The zero-order valence-corrected chi connectivity index (χ0v) is 18.8. The molecule has 0 rings (SSSR count). The Balaban J connectivity index is 0. The minimum absolute atomic E-state index is 0.0164. The quantitative estimate of drug-likeness (QED) is 0.231. The van der Waals surface area contributed by atoms with Crippen LogP contribution in [0.1, 0.15) is 41.5 Å². The van der Waals surface area contributed by atoms with Crippen molar-refractivity contribution in [2.75, 3.05) is 0 Å². The van der Waals surface area contributed by atoms with Crippen LogP contribution in [0.5, 0.6) is 0 Å². The monoisotopic (exact) mass is 576 g/mol. The molecule has 0 heterocycles. The molecule has 0 aromatic heterocycles. The van der Waals surface area contributed by atoms with E-state index in [1.165, 1.54) is 13.8 Å². The van der Waals surface area contributed by atoms with E-state index < -0.39 is 85.4 Å². The van der Waals surface area contributed by atoms with Crippen molar-refractivity contribution in [3.63, 3.8) is 0 Å². The standard InChI is InChI=1S/C11H9F13.C7H9F5/c1-4(8(14,15)11(22,23)24)5(6(2,12)9(16,17)18)7(3,13)10(19,20)21;1-4(2)5(3)6(8,9)7(10,11)12/h1-3H3;1-3H3. The minimum atomic E-state index is -6.67. The van der Waals surface area contributed by atoms with Gasteiger partial charge in [0.2, 0.25) is 11.3 Å². The molecule has 0 aliphatic rings. The molecule has 0 amide bonds. The van der Waals surface area contributed by atoms with E-state index >= 15 is 0 Å². The summed E-state index contributed by atoms with van der Waals surface area (Å²) >= 11 is 0. The lowest BCUT2D eigenvalue weighted by atomic mass is 9.79. The fourth-order valence-electron chi connectivity index (χ4n) is 2.32. The molecule has 0 aromatic carbocycles. The number of rotatable bonds is 4. The first-order valence-corrected chi connectivity index (χ1v) is 8.90. The van der Waals surface area contributed by atoms with E-state index in [9.17, 15) is 79.0 Å². The molecule has 0 aromatic rings. The normalized spacial score (nSPS) is 17.3. The summed E-state index contributed by atoms with van der Waals surface area (Å²) in [6, 6.07) is 0. The van der Waals surface area contributed by atoms with Gasteiger partial charge in [0, 0.05) is 16.7 Å². The Labute approximate surface area is 192 Å². The van der Waals surface area contributed by atoms with Gasteiger partial charge in [0.25, 0.3) is 0 Å². The molecule has 216 valence electrons. The molecular weight excluding hydrogens is 558 g/mol. The van der Waals surface area contributed by atoms with E-state index in [0.717, 1.165) is 6.92 Å². The average Bonchev–Trinajstić information content (AvgIpc) is 2.56. The number of hydrogen-bond donors (Lipinski definition) is 0. The summed E-state index contributed by atoms with van der Waals surface area (Å²) in [7, 11) is 0. The number of alkyl halides is 18. The lowest BCUT2D eigenvalue weighted by Gasteiger charge is -2.38. The Morgan fingerprint density at radius 2 is 0.583 bits per heavy atom. The first-order chi connectivity index (χ1) is 15.1. The second-order valence-electron chi connectivity index (χ2n) is 7.77. The zero-order chi connectivity index (χ0) is 30.3. The third-order valence-corrected chi connectivity index (χ3v) is 4.78. The molecular formula is C18H18F18. The molecule has 0 radical (unpaired) electrons. The second-order valence-corrected chi connectivity index (χ2v) is 7.77. The Morgan fingerprint density at radius 1 is 0.361 bits per heavy atom. The lowest BCUT2D eigenvalue weighted by molar-refractivity contribution is -0.270. The van der Waals surface area contributed by atoms with Crippen molar-refractivity contribution in [1.82, 2.24) is 0 Å². The molecule has 0 aliphatic heterocycles. The van der Waals surface area contributed by atoms with Gasteiger partial charge >= 0.3 is 36.6 Å². The van der Waals surface area contributed by atoms with Crippen molar-refractivity contribution in [3.05, 3.63) is 22.3 Å². The number of halogens is 18. The van der Waals surface area contributed by atoms with Crippen LogP contribution in [-0.4, -0.2) is 47.9 Å². The van der Waals surface area contributed by atoms with E-state index in [1.54, 1.807) is 0 Å². The first-order valence-electron chi connectivity index (χ1n) is 8.90. The van der Waals surface area contributed by atoms with Crippen molar-refractivity contribution >= 4 is 0 Å². The van der Waals surface area contributed by atoms with Crippen molar-refractivity contribution in [2.24, 2.45) is 0 Å². The minimum Gasteiger partial charge on any atom is -0.229 e. The summed E-state index contributed by atoms with van der Waals surface area (Å²) in [5, 5.41) is 0. The Hall–Kier alpha value is -1.78. The van der Waals surface area contributed by atoms with E-state index in [1.807, 2.05) is 0 Å². The van der Waals surface area contributed by atoms with Gasteiger partial charge in [-0.1, -0.05) is 5.57 Å². The molecule has 0 bridgehead atoms. The largest absolute Gasteiger partial charge is 0.457 e. The third-order valence-electron chi connectivity index (χ3n) is 4.78. The molecule has 2 atom stereocenters. The van der Waals surface area contributed by atoms with Crippen LogP contribution in [-0.2, 0) is 0 Å². The van der Waals surface area contributed by atoms with Gasteiger partial charge in [-0.2, -0.15) is 70.2 Å². The highest BCUT2D eigenvalue weighted by Crippen LogP contribution is 2.55. The molecule has 36 heavy (non-hydrogen) atoms. The summed E-state index contributed by atoms with van der Waals surface area (Å²) in [5.74, 6) is -11.0. The molecule has 0 nitrogen and oxygen atoms in total. The van der Waals surface area contributed by atoms with Crippen LogP contribution in [0.3, 0.4) is 0 Å². The van der Waals surface area contributed by atoms with Gasteiger partial charge in [-0.05, 0) is 41.5 Å². The zero-order valence-electron chi connectivity index (χ0n) is 18.8. The van der Waals surface area contributed by atoms with Gasteiger partial charge in [-0.25, -0.2) is 8.78 Å². The average molecular weight is 576 g/mol. The maximum absolute atomic E-state index is 13.8. The molecule has 18 heteroatoms. The van der Waals surface area contributed by atoms with E-state index in [0.29, 0.717) is 0 Å². The fourth-order valence-corrected chi connectivity index (χ4v) is 2.32. The summed E-state index contributed by atoms with van der Waals surface area (Å²) in [5.41, 5.74) is -18.3. The van der Waals surface area contributed by atoms with Crippen LogP contribution in [0, 0.1) is 0 Å². The molecule has 0 fully saturated rings. The highest BCUT2D eigenvalue weighted by Gasteiger charge is 2.70. The van der Waals surface area contributed by atoms with E-state index in [2.05, 4.69) is 0 Å². The van der Waals surface area contributed by atoms with Gasteiger partial charge < -0.3 is 0 Å². The van der Waals surface area contributed by atoms with Gasteiger partial charge in [-0.15, -0.1) is 0 Å². The van der Waals surface area contributed by atoms with Crippen molar-refractivity contribution in [3.8, 4) is 0 Å². The first kappa shape index (κ1) is 36.4. The molecule has 2 unspecified atom stereocenters. The molecule has 0 spiro atoms. The van der Waals surface area contributed by atoms with Crippen LogP contribution in [0.4, 0.5) is 79.0 Å². The third kappa shape index (κ3) is 7.16. The van der Waals surface area contributed by atoms with Crippen LogP contribution in [0.2, 0.25) is 0 Å². The van der Waals surface area contributed by atoms with Gasteiger partial charge in [0.05, 0.1) is 0 Å². The summed E-state index contributed by atoms with van der Waals surface area (Å²) in [6.07, 6.45) is -25.0. The van der Waals surface area contributed by atoms with Gasteiger partial charge in [0.15, 0.2) is 0 Å². The fraction of sp³-hybridized carbons (Fsp3) is 0.778. The summed E-state index contributed by atoms with van der Waals surface area (Å²) < 4.78 is 226. The second kappa shape index (κ2) is 10.2. The van der Waals surface area contributed by atoms with E-state index in [4.69, 9.17) is 0 Å². The van der Waals surface area contributed by atoms with Crippen molar-refractivity contribution in [2.45, 2.75) is 89.4 Å². The van der Waals surface area contributed by atoms with Crippen LogP contribution < -0.4 is 0 Å². The Morgan fingerprint density at radius 3 is 0.722 bits per heavy atom. The highest BCUT2D eigenvalue weighted by atomic mass is 19.4. The number of allylic oxidation sites excluding steroid dienone is 4. The summed E-state index contributed by atoms with van der Waals surface area (Å²) in [4.78, 5) is 0. The SMILES string of the molecule is CC(=C(C(C)(F)C(F)(F)F)C(C)(F)C(F)(F)F)C(F)(F)C(F)(F)F.CC(C)=C(C)C(F)(F)C(F)(F)F. The predicted octanol–water partition coefficient (Wildman–Crippen LogP) is 9.62. The summed E-state index contributed by atoms with van der Waals surface area (Å²) in [6.45, 7) is 1.12. The van der Waals surface area contributed by atoms with Gasteiger partial charge in [0.1, 0.15) is 0 Å². The van der Waals surface area contributed by atoms with Crippen LogP contribution >= 0.6 is 0 Å². The smallest absolute Gasteiger partial charge is 0.229 e. The van der Waals surface area contributed by atoms with Crippen LogP contribution in [0.25, 0.3) is 0 Å². The Bertz CT molecular complexity index is 792. The molecule has 0 saturated carbocycles. The molecule has 0 saturated heterocycles. The molecule has 0 N–H and O–H groups in total. The topological polar surface area (TPSA) is 0 Å². The van der Waals surface area contributed by atoms with Crippen molar-refractivity contribution in [1.29, 1.82) is 0 Å². The predicted molar refractivity (Wildman–Crippen MR) is 89.9 cm³/mol. The van der Waals surface area contributed by atoms with Gasteiger partial charge in [-0.3, -0.25) is 0 Å². The van der Waals surface area contributed by atoms with E-state index in [-0.39, 0.29) is 5.57 Å². The maximum Gasteiger partial charge on any atom is 0.457 e. The maximum atomic E-state index is 13.8. The van der Waals surface area contributed by atoms with Crippen molar-refractivity contribution < 1.29 is 79.0 Å². The lowest BCUT2D eigenvalue weighted by Crippen LogP contribution is -2.54. The van der Waals surface area contributed by atoms with Crippen LogP contribution in [0.15, 0.2) is 22.3 Å². The number of hydrogen-bond acceptors (Lipinski definition) is 0. The highest BCUT2D eigenvalue weighted by molar-refractivity contribution is 5.38. The Kier molecular flexibility index (Phi) is 10.3. The molecule has 0 aliphatic carbocycles.